The highest BCUT2D eigenvalue weighted by Crippen LogP contribution is 2.23. The van der Waals surface area contributed by atoms with Crippen LogP contribution in [0.4, 0.5) is 20.3 Å². The number of amides is 1. The zero-order chi connectivity index (χ0) is 24.7. The lowest BCUT2D eigenvalue weighted by Gasteiger charge is -2.29. The average Bonchev–Trinajstić information content (AvgIpc) is 2.82. The second-order valence-electron chi connectivity index (χ2n) is 7.49. The van der Waals surface area contributed by atoms with Gasteiger partial charge in [-0.15, -0.1) is 0 Å². The molecule has 1 aliphatic rings. The summed E-state index contributed by atoms with van der Waals surface area (Å²) in [7, 11) is -3.78. The quantitative estimate of drug-likeness (QED) is 0.542. The molecule has 1 aromatic carbocycles. The lowest BCUT2D eigenvalue weighted by molar-refractivity contribution is -0.116. The van der Waals surface area contributed by atoms with Gasteiger partial charge in [0.2, 0.25) is 15.9 Å². The number of alkyl halides is 1. The molecule has 2 heterocycles. The molecule has 0 radical (unpaired) electrons. The maximum atomic E-state index is 14.4. The van der Waals surface area contributed by atoms with Crippen molar-refractivity contribution in [2.45, 2.75) is 13.2 Å². The number of morpholine rings is 1. The predicted molar refractivity (Wildman–Crippen MR) is 123 cm³/mol. The van der Waals surface area contributed by atoms with Crippen molar-refractivity contribution in [3.8, 4) is 6.07 Å². The topological polar surface area (TPSA) is 124 Å². The van der Waals surface area contributed by atoms with Gasteiger partial charge < -0.3 is 15.0 Å². The summed E-state index contributed by atoms with van der Waals surface area (Å²) in [5.41, 5.74) is 0.535. The van der Waals surface area contributed by atoms with Crippen LogP contribution in [-0.4, -0.2) is 51.9 Å². The number of pyridine rings is 1. The first-order valence-electron chi connectivity index (χ1n) is 10.2. The fourth-order valence-corrected chi connectivity index (χ4v) is 3.87. The monoisotopic (exact) mass is 491 g/mol. The summed E-state index contributed by atoms with van der Waals surface area (Å²) in [6.07, 6.45) is 3.67. The van der Waals surface area contributed by atoms with Gasteiger partial charge in [-0.25, -0.2) is 22.2 Å². The highest BCUT2D eigenvalue weighted by molar-refractivity contribution is 7.92. The van der Waals surface area contributed by atoms with Gasteiger partial charge in [0, 0.05) is 31.3 Å². The van der Waals surface area contributed by atoms with Crippen LogP contribution in [-0.2, 0) is 32.8 Å². The van der Waals surface area contributed by atoms with Gasteiger partial charge in [0.25, 0.3) is 0 Å². The molecule has 1 saturated heterocycles. The molecule has 3 rings (SSSR count). The molecule has 0 saturated carbocycles. The molecule has 1 aliphatic heterocycles. The third-order valence-corrected chi connectivity index (χ3v) is 5.42. The van der Waals surface area contributed by atoms with Crippen molar-refractivity contribution in [3.05, 3.63) is 58.5 Å². The fourth-order valence-electron chi connectivity index (χ4n) is 3.29. The number of aromatic nitrogens is 1. The number of hydrogen-bond acceptors (Lipinski definition) is 7. The van der Waals surface area contributed by atoms with E-state index in [-0.39, 0.29) is 23.4 Å². The van der Waals surface area contributed by atoms with E-state index in [2.05, 4.69) is 10.3 Å². The normalized spacial score (nSPS) is 14.1. The largest absolute Gasteiger partial charge is 0.378 e. The second-order valence-corrected chi connectivity index (χ2v) is 9.23. The summed E-state index contributed by atoms with van der Waals surface area (Å²) < 4.78 is 57.5. The lowest BCUT2D eigenvalue weighted by atomic mass is 10.1. The van der Waals surface area contributed by atoms with Crippen LogP contribution in [0.1, 0.15) is 22.4 Å². The van der Waals surface area contributed by atoms with Crippen molar-refractivity contribution < 1.29 is 26.7 Å². The number of ether oxygens (including phenoxy) is 1. The minimum atomic E-state index is -3.78. The van der Waals surface area contributed by atoms with Crippen LogP contribution in [0.25, 0.3) is 6.08 Å². The lowest BCUT2D eigenvalue weighted by Crippen LogP contribution is -2.37. The summed E-state index contributed by atoms with van der Waals surface area (Å²) in [5, 5.41) is 11.8. The van der Waals surface area contributed by atoms with Crippen LogP contribution in [0.15, 0.2) is 30.3 Å². The minimum absolute atomic E-state index is 0.0940. The molecule has 0 atom stereocenters. The van der Waals surface area contributed by atoms with Crippen LogP contribution >= 0.6 is 0 Å². The Morgan fingerprint density at radius 1 is 1.32 bits per heavy atom. The number of hydrogen-bond donors (Lipinski definition) is 2. The number of nitrogens with zero attached hydrogens (tertiary/aromatic N) is 3. The van der Waals surface area contributed by atoms with E-state index in [1.54, 1.807) is 24.3 Å². The van der Waals surface area contributed by atoms with E-state index >= 15 is 0 Å². The number of sulfonamides is 1. The van der Waals surface area contributed by atoms with Crippen LogP contribution < -0.4 is 14.9 Å². The first kappa shape index (κ1) is 25.1. The molecule has 1 fully saturated rings. The molecular formula is C22H23F2N5O4S. The molecule has 1 aromatic heterocycles. The van der Waals surface area contributed by atoms with Crippen LogP contribution in [0.5, 0.6) is 0 Å². The molecule has 0 aliphatic carbocycles. The van der Waals surface area contributed by atoms with Crippen LogP contribution in [0, 0.1) is 17.1 Å². The summed E-state index contributed by atoms with van der Waals surface area (Å²) in [5.74, 6) is -0.865. The van der Waals surface area contributed by atoms with Gasteiger partial charge >= 0.3 is 0 Å². The average molecular weight is 492 g/mol. The highest BCUT2D eigenvalue weighted by Gasteiger charge is 2.17. The smallest absolute Gasteiger partial charge is 0.244 e. The van der Waals surface area contributed by atoms with Crippen molar-refractivity contribution in [2.75, 3.05) is 42.2 Å². The zero-order valence-electron chi connectivity index (χ0n) is 18.3. The summed E-state index contributed by atoms with van der Waals surface area (Å²) in [6, 6.07) is 7.28. The third-order valence-electron chi connectivity index (χ3n) is 4.85. The van der Waals surface area contributed by atoms with E-state index in [1.807, 2.05) is 9.62 Å². The Bertz CT molecular complexity index is 1240. The molecule has 0 bridgehead atoms. The predicted octanol–water partition coefficient (Wildman–Crippen LogP) is 2.10. The van der Waals surface area contributed by atoms with Crippen molar-refractivity contribution in [2.24, 2.45) is 0 Å². The van der Waals surface area contributed by atoms with E-state index in [0.717, 1.165) is 12.3 Å². The van der Waals surface area contributed by atoms with Crippen LogP contribution in [0.2, 0.25) is 0 Å². The Balaban J connectivity index is 1.71. The van der Waals surface area contributed by atoms with Gasteiger partial charge in [-0.05, 0) is 35.9 Å². The Hall–Kier alpha value is -3.56. The Morgan fingerprint density at radius 3 is 2.71 bits per heavy atom. The van der Waals surface area contributed by atoms with Gasteiger partial charge in [-0.2, -0.15) is 5.26 Å². The fraction of sp³-hybridized carbons (Fsp3) is 0.318. The molecular weight excluding hydrogens is 468 g/mol. The Morgan fingerprint density at radius 2 is 2.06 bits per heavy atom. The summed E-state index contributed by atoms with van der Waals surface area (Å²) >= 11 is 0. The number of halogens is 2. The first-order valence-corrected chi connectivity index (χ1v) is 12.1. The van der Waals surface area contributed by atoms with E-state index in [9.17, 15) is 27.3 Å². The Labute approximate surface area is 196 Å². The van der Waals surface area contributed by atoms with Crippen LogP contribution in [0.3, 0.4) is 0 Å². The first-order chi connectivity index (χ1) is 16.2. The second kappa shape index (κ2) is 11.0. The molecule has 34 heavy (non-hydrogen) atoms. The third kappa shape index (κ3) is 6.72. The van der Waals surface area contributed by atoms with E-state index in [4.69, 9.17) is 4.74 Å². The number of carbonyl (C=O) groups excluding carboxylic acids is 1. The number of benzene rings is 1. The van der Waals surface area contributed by atoms with Gasteiger partial charge in [0.05, 0.1) is 30.7 Å². The van der Waals surface area contributed by atoms with Gasteiger partial charge in [0.15, 0.2) is 0 Å². The molecule has 0 spiro atoms. The molecule has 180 valence electrons. The van der Waals surface area contributed by atoms with E-state index in [1.165, 1.54) is 12.1 Å². The molecule has 9 nitrogen and oxygen atoms in total. The number of carbonyl (C=O) groups is 1. The Kier molecular flexibility index (Phi) is 8.14. The summed E-state index contributed by atoms with van der Waals surface area (Å²) in [4.78, 5) is 18.6. The van der Waals surface area contributed by atoms with Crippen molar-refractivity contribution in [1.29, 1.82) is 5.26 Å². The van der Waals surface area contributed by atoms with Crippen molar-refractivity contribution >= 4 is 33.5 Å². The van der Waals surface area contributed by atoms with Gasteiger partial charge in [-0.1, -0.05) is 0 Å². The van der Waals surface area contributed by atoms with E-state index < -0.39 is 34.1 Å². The maximum Gasteiger partial charge on any atom is 0.244 e. The molecule has 0 unspecified atom stereocenters. The van der Waals surface area contributed by atoms with Gasteiger partial charge in [0.1, 0.15) is 30.1 Å². The number of anilines is 2. The van der Waals surface area contributed by atoms with Crippen molar-refractivity contribution in [1.82, 2.24) is 10.3 Å². The van der Waals surface area contributed by atoms with Gasteiger partial charge in [-0.3, -0.25) is 9.52 Å². The number of rotatable bonds is 8. The maximum absolute atomic E-state index is 14.4. The summed E-state index contributed by atoms with van der Waals surface area (Å²) in [6.45, 7) is 1.42. The van der Waals surface area contributed by atoms with Crippen molar-refractivity contribution in [3.63, 3.8) is 0 Å². The minimum Gasteiger partial charge on any atom is -0.378 e. The SMILES string of the molecule is CS(=O)(=O)Nc1c(F)cc(CNC(=O)/C=C/c2ccc(CF)nc2N2CCOCC2)cc1C#N. The number of nitriles is 1. The highest BCUT2D eigenvalue weighted by atomic mass is 32.2. The molecule has 12 heteroatoms. The molecule has 2 aromatic rings. The standard InChI is InChI=1S/C22H23F2N5O4S/c1-34(31,32)28-21-17(13-25)10-15(11-19(21)24)14-26-20(30)5-3-16-2-4-18(12-23)27-22(16)29-6-8-33-9-7-29/h2-5,10-11,28H,6-9,12,14H2,1H3,(H,26,30)/b5-3+. The number of nitrogens with one attached hydrogen (secondary N) is 2. The zero-order valence-corrected chi connectivity index (χ0v) is 19.2. The van der Waals surface area contributed by atoms with E-state index in [0.29, 0.717) is 37.7 Å². The molecule has 1 amide bonds. The molecule has 2 N–H and O–H groups in total.